The lowest BCUT2D eigenvalue weighted by atomic mass is 10.2. The van der Waals surface area contributed by atoms with Crippen molar-refractivity contribution in [2.75, 3.05) is 5.73 Å². The molecule has 0 unspecified atom stereocenters. The summed E-state index contributed by atoms with van der Waals surface area (Å²) in [6.07, 6.45) is 0. The van der Waals surface area contributed by atoms with Crippen LogP contribution in [-0.4, -0.2) is 14.8 Å². The SMILES string of the molecule is CC(C)n1c(N)nnc1SCc1cccc(F)c1F. The molecule has 0 aliphatic carbocycles. The molecule has 1 aromatic carbocycles. The Labute approximate surface area is 114 Å². The third-order valence-corrected chi connectivity index (χ3v) is 3.59. The van der Waals surface area contributed by atoms with E-state index in [1.54, 1.807) is 10.6 Å². The largest absolute Gasteiger partial charge is 0.368 e. The molecule has 2 aromatic rings. The predicted molar refractivity (Wildman–Crippen MR) is 70.7 cm³/mol. The van der Waals surface area contributed by atoms with Crippen LogP contribution in [0.25, 0.3) is 0 Å². The molecule has 0 fully saturated rings. The van der Waals surface area contributed by atoms with Gasteiger partial charge < -0.3 is 5.73 Å². The van der Waals surface area contributed by atoms with Crippen molar-refractivity contribution in [3.8, 4) is 0 Å². The quantitative estimate of drug-likeness (QED) is 0.877. The van der Waals surface area contributed by atoms with Gasteiger partial charge in [-0.2, -0.15) is 0 Å². The summed E-state index contributed by atoms with van der Waals surface area (Å²) in [7, 11) is 0. The highest BCUT2D eigenvalue weighted by atomic mass is 32.2. The molecule has 1 heterocycles. The third-order valence-electron chi connectivity index (χ3n) is 2.60. The molecule has 19 heavy (non-hydrogen) atoms. The Kier molecular flexibility index (Phi) is 4.04. The molecule has 102 valence electrons. The van der Waals surface area contributed by atoms with Crippen LogP contribution in [0.2, 0.25) is 0 Å². The lowest BCUT2D eigenvalue weighted by molar-refractivity contribution is 0.502. The molecule has 0 radical (unpaired) electrons. The summed E-state index contributed by atoms with van der Waals surface area (Å²) in [6, 6.07) is 4.23. The molecule has 2 N–H and O–H groups in total. The zero-order valence-corrected chi connectivity index (χ0v) is 11.4. The minimum Gasteiger partial charge on any atom is -0.368 e. The number of nitrogens with zero attached hydrogens (tertiary/aromatic N) is 3. The number of rotatable bonds is 4. The Balaban J connectivity index is 2.17. The third kappa shape index (κ3) is 2.86. The monoisotopic (exact) mass is 284 g/mol. The van der Waals surface area contributed by atoms with E-state index in [1.165, 1.54) is 17.8 Å². The number of halogens is 2. The van der Waals surface area contributed by atoms with Crippen LogP contribution in [0, 0.1) is 11.6 Å². The summed E-state index contributed by atoms with van der Waals surface area (Å²) in [5, 5.41) is 8.32. The fourth-order valence-electron chi connectivity index (χ4n) is 1.67. The fraction of sp³-hybridized carbons (Fsp3) is 0.333. The summed E-state index contributed by atoms with van der Waals surface area (Å²) in [4.78, 5) is 0. The summed E-state index contributed by atoms with van der Waals surface area (Å²) in [5.41, 5.74) is 6.00. The van der Waals surface area contributed by atoms with Gasteiger partial charge in [-0.1, -0.05) is 23.9 Å². The zero-order valence-electron chi connectivity index (χ0n) is 10.6. The van der Waals surface area contributed by atoms with E-state index < -0.39 is 11.6 Å². The first kappa shape index (κ1) is 13.8. The maximum atomic E-state index is 13.5. The first-order chi connectivity index (χ1) is 9.00. The lowest BCUT2D eigenvalue weighted by Crippen LogP contribution is -2.07. The van der Waals surface area contributed by atoms with Gasteiger partial charge in [0.2, 0.25) is 5.95 Å². The van der Waals surface area contributed by atoms with Crippen LogP contribution >= 0.6 is 11.8 Å². The van der Waals surface area contributed by atoms with Gasteiger partial charge in [-0.3, -0.25) is 4.57 Å². The Bertz CT molecular complexity index is 583. The maximum absolute atomic E-state index is 13.5. The first-order valence-corrected chi connectivity index (χ1v) is 6.75. The number of hydrogen-bond acceptors (Lipinski definition) is 4. The van der Waals surface area contributed by atoms with Crippen LogP contribution in [0.5, 0.6) is 0 Å². The molecule has 0 amide bonds. The second-order valence-corrected chi connectivity index (χ2v) is 5.25. The summed E-state index contributed by atoms with van der Waals surface area (Å²) in [6.45, 7) is 3.90. The Morgan fingerprint density at radius 2 is 2.05 bits per heavy atom. The smallest absolute Gasteiger partial charge is 0.222 e. The minimum absolute atomic E-state index is 0.106. The van der Waals surface area contributed by atoms with Crippen LogP contribution < -0.4 is 5.73 Å². The van der Waals surface area contributed by atoms with Gasteiger partial charge in [-0.05, 0) is 19.9 Å². The average molecular weight is 284 g/mol. The van der Waals surface area contributed by atoms with E-state index in [0.29, 0.717) is 16.7 Å². The van der Waals surface area contributed by atoms with Crippen molar-refractivity contribution < 1.29 is 8.78 Å². The summed E-state index contributed by atoms with van der Waals surface area (Å²) >= 11 is 1.27. The van der Waals surface area contributed by atoms with E-state index in [0.717, 1.165) is 6.07 Å². The topological polar surface area (TPSA) is 56.7 Å². The maximum Gasteiger partial charge on any atom is 0.222 e. The fourth-order valence-corrected chi connectivity index (χ4v) is 2.72. The van der Waals surface area contributed by atoms with Crippen molar-refractivity contribution in [1.29, 1.82) is 0 Å². The molecule has 4 nitrogen and oxygen atoms in total. The van der Waals surface area contributed by atoms with Gasteiger partial charge in [0.25, 0.3) is 0 Å². The Morgan fingerprint density at radius 1 is 1.32 bits per heavy atom. The predicted octanol–water partition coefficient (Wildman–Crippen LogP) is 3.01. The van der Waals surface area contributed by atoms with Gasteiger partial charge in [-0.25, -0.2) is 8.78 Å². The van der Waals surface area contributed by atoms with Gasteiger partial charge in [0.05, 0.1) is 0 Å². The van der Waals surface area contributed by atoms with Gasteiger partial charge in [-0.15, -0.1) is 10.2 Å². The zero-order chi connectivity index (χ0) is 14.0. The van der Waals surface area contributed by atoms with Crippen LogP contribution in [0.3, 0.4) is 0 Å². The molecule has 1 aromatic heterocycles. The highest BCUT2D eigenvalue weighted by molar-refractivity contribution is 7.98. The van der Waals surface area contributed by atoms with Crippen molar-refractivity contribution >= 4 is 17.7 Å². The lowest BCUT2D eigenvalue weighted by Gasteiger charge is -2.11. The first-order valence-electron chi connectivity index (χ1n) is 5.76. The second-order valence-electron chi connectivity index (χ2n) is 4.31. The number of hydrogen-bond donors (Lipinski definition) is 1. The van der Waals surface area contributed by atoms with E-state index in [2.05, 4.69) is 10.2 Å². The number of nitrogen functional groups attached to an aromatic ring is 1. The summed E-state index contributed by atoms with van der Waals surface area (Å²) < 4.78 is 28.3. The van der Waals surface area contributed by atoms with E-state index in [4.69, 9.17) is 5.73 Å². The van der Waals surface area contributed by atoms with Crippen molar-refractivity contribution in [2.45, 2.75) is 30.8 Å². The molecule has 0 spiro atoms. The van der Waals surface area contributed by atoms with Crippen LogP contribution in [0.4, 0.5) is 14.7 Å². The van der Waals surface area contributed by atoms with E-state index in [1.807, 2.05) is 13.8 Å². The van der Waals surface area contributed by atoms with E-state index >= 15 is 0 Å². The van der Waals surface area contributed by atoms with E-state index in [-0.39, 0.29) is 11.8 Å². The second kappa shape index (κ2) is 5.56. The molecule has 0 atom stereocenters. The molecular weight excluding hydrogens is 270 g/mol. The van der Waals surface area contributed by atoms with Crippen LogP contribution in [0.1, 0.15) is 25.5 Å². The molecule has 0 saturated carbocycles. The number of anilines is 1. The Hall–Kier alpha value is -1.63. The highest BCUT2D eigenvalue weighted by Crippen LogP contribution is 2.27. The molecule has 0 aliphatic rings. The number of benzene rings is 1. The van der Waals surface area contributed by atoms with Gasteiger partial charge in [0, 0.05) is 17.4 Å². The van der Waals surface area contributed by atoms with Gasteiger partial charge in [0.15, 0.2) is 16.8 Å². The van der Waals surface area contributed by atoms with Crippen molar-refractivity contribution in [1.82, 2.24) is 14.8 Å². The van der Waals surface area contributed by atoms with Gasteiger partial charge in [0.1, 0.15) is 0 Å². The number of aromatic nitrogens is 3. The number of nitrogens with two attached hydrogens (primary N) is 1. The molecule has 7 heteroatoms. The van der Waals surface area contributed by atoms with Crippen molar-refractivity contribution in [3.05, 3.63) is 35.4 Å². The average Bonchev–Trinajstić information content (AvgIpc) is 2.72. The van der Waals surface area contributed by atoms with E-state index in [9.17, 15) is 8.78 Å². The molecule has 0 aliphatic heterocycles. The van der Waals surface area contributed by atoms with Gasteiger partial charge >= 0.3 is 0 Å². The molecule has 0 saturated heterocycles. The Morgan fingerprint density at radius 3 is 2.74 bits per heavy atom. The summed E-state index contributed by atoms with van der Waals surface area (Å²) in [5.74, 6) is -1.08. The minimum atomic E-state index is -0.844. The number of thioether (sulfide) groups is 1. The van der Waals surface area contributed by atoms with Crippen LogP contribution in [-0.2, 0) is 5.75 Å². The molecule has 2 rings (SSSR count). The normalized spacial score (nSPS) is 11.2. The van der Waals surface area contributed by atoms with Crippen molar-refractivity contribution in [3.63, 3.8) is 0 Å². The molecule has 0 bridgehead atoms. The standard InChI is InChI=1S/C12H14F2N4S/c1-7(2)18-11(15)16-17-12(18)19-6-8-4-3-5-9(13)10(8)14/h3-5,7H,6H2,1-2H3,(H2,15,16). The molecular formula is C12H14F2N4S. The highest BCUT2D eigenvalue weighted by Gasteiger charge is 2.14. The van der Waals surface area contributed by atoms with Crippen molar-refractivity contribution in [2.24, 2.45) is 0 Å². The van der Waals surface area contributed by atoms with Crippen LogP contribution in [0.15, 0.2) is 23.4 Å².